The van der Waals surface area contributed by atoms with Crippen molar-refractivity contribution in [2.75, 3.05) is 26.7 Å². The van der Waals surface area contributed by atoms with E-state index in [-0.39, 0.29) is 41.6 Å². The van der Waals surface area contributed by atoms with E-state index in [2.05, 4.69) is 20.7 Å². The maximum Gasteiger partial charge on any atom is 0.306 e. The minimum atomic E-state index is -0.462. The number of aromatic nitrogens is 2. The van der Waals surface area contributed by atoms with Crippen LogP contribution in [0.5, 0.6) is 0 Å². The lowest BCUT2D eigenvalue weighted by Gasteiger charge is -2.21. The molecule has 1 saturated carbocycles. The summed E-state index contributed by atoms with van der Waals surface area (Å²) in [4.78, 5) is 28.9. The quantitative estimate of drug-likeness (QED) is 0.198. The van der Waals surface area contributed by atoms with Gasteiger partial charge in [0.15, 0.2) is 5.96 Å². The van der Waals surface area contributed by atoms with Crippen LogP contribution in [0.3, 0.4) is 0 Å². The molecule has 0 spiro atoms. The van der Waals surface area contributed by atoms with Gasteiger partial charge < -0.3 is 15.5 Å². The van der Waals surface area contributed by atoms with Gasteiger partial charge in [0.2, 0.25) is 5.91 Å². The molecule has 2 fully saturated rings. The Morgan fingerprint density at radius 3 is 2.79 bits per heavy atom. The van der Waals surface area contributed by atoms with Crippen molar-refractivity contribution in [3.63, 3.8) is 0 Å². The number of likely N-dealkylation sites (tertiary alicyclic amines) is 1. The first kappa shape index (κ1) is 22.4. The average Bonchev–Trinajstić information content (AvgIpc) is 3.41. The van der Waals surface area contributed by atoms with E-state index < -0.39 is 4.92 Å². The molecule has 1 aromatic rings. The van der Waals surface area contributed by atoms with E-state index in [0.717, 1.165) is 25.8 Å². The molecular formula is C17H28IN7O3. The van der Waals surface area contributed by atoms with Gasteiger partial charge in [-0.2, -0.15) is 5.10 Å². The zero-order valence-corrected chi connectivity index (χ0v) is 18.4. The highest BCUT2D eigenvalue weighted by atomic mass is 127. The largest absolute Gasteiger partial charge is 0.355 e. The molecule has 1 aliphatic heterocycles. The van der Waals surface area contributed by atoms with Gasteiger partial charge in [0.25, 0.3) is 0 Å². The molecule has 0 radical (unpaired) electrons. The molecule has 1 saturated heterocycles. The predicted octanol–water partition coefficient (Wildman–Crippen LogP) is 1.37. The summed E-state index contributed by atoms with van der Waals surface area (Å²) in [7, 11) is 1.70. The maximum atomic E-state index is 12.5. The number of amides is 1. The SMILES string of the molecule is CN=C(NCCn1cc([N+](=O)[O-])cn1)NC1CCN(C(=O)C2CCCC2)C1.I. The van der Waals surface area contributed by atoms with E-state index in [1.807, 2.05) is 4.90 Å². The van der Waals surface area contributed by atoms with Crippen LogP contribution in [0.4, 0.5) is 5.69 Å². The Labute approximate surface area is 181 Å². The number of rotatable bonds is 6. The van der Waals surface area contributed by atoms with Gasteiger partial charge in [-0.1, -0.05) is 12.8 Å². The van der Waals surface area contributed by atoms with Gasteiger partial charge in [-0.05, 0) is 19.3 Å². The van der Waals surface area contributed by atoms with E-state index >= 15 is 0 Å². The third-order valence-electron chi connectivity index (χ3n) is 5.23. The number of nitrogens with zero attached hydrogens (tertiary/aromatic N) is 5. The first-order valence-electron chi connectivity index (χ1n) is 9.49. The summed E-state index contributed by atoms with van der Waals surface area (Å²) in [5.41, 5.74) is -0.0181. The van der Waals surface area contributed by atoms with Crippen molar-refractivity contribution >= 4 is 41.5 Å². The molecule has 1 aromatic heterocycles. The minimum absolute atomic E-state index is 0. The molecule has 1 unspecified atom stereocenters. The Bertz CT molecular complexity index is 703. The number of carbonyl (C=O) groups is 1. The fourth-order valence-corrected chi connectivity index (χ4v) is 3.76. The van der Waals surface area contributed by atoms with Gasteiger partial charge in [-0.25, -0.2) is 0 Å². The van der Waals surface area contributed by atoms with Crippen LogP contribution in [-0.4, -0.2) is 64.2 Å². The third-order valence-corrected chi connectivity index (χ3v) is 5.23. The van der Waals surface area contributed by atoms with Gasteiger partial charge in [-0.15, -0.1) is 24.0 Å². The van der Waals surface area contributed by atoms with Crippen LogP contribution in [0.15, 0.2) is 17.4 Å². The summed E-state index contributed by atoms with van der Waals surface area (Å²) < 4.78 is 1.52. The minimum Gasteiger partial charge on any atom is -0.355 e. The van der Waals surface area contributed by atoms with Crippen LogP contribution < -0.4 is 10.6 Å². The Morgan fingerprint density at radius 2 is 2.14 bits per heavy atom. The maximum absolute atomic E-state index is 12.5. The lowest BCUT2D eigenvalue weighted by Crippen LogP contribution is -2.46. The molecule has 1 aliphatic carbocycles. The molecule has 156 valence electrons. The normalized spacial score (nSPS) is 20.1. The fourth-order valence-electron chi connectivity index (χ4n) is 3.76. The zero-order valence-electron chi connectivity index (χ0n) is 16.0. The topological polar surface area (TPSA) is 118 Å². The van der Waals surface area contributed by atoms with Crippen molar-refractivity contribution in [1.29, 1.82) is 0 Å². The van der Waals surface area contributed by atoms with Crippen LogP contribution in [0.2, 0.25) is 0 Å². The number of carbonyl (C=O) groups excluding carboxylic acids is 1. The molecule has 2 N–H and O–H groups in total. The number of nitrogens with one attached hydrogen (secondary N) is 2. The second-order valence-corrected chi connectivity index (χ2v) is 7.11. The number of aliphatic imine (C=N–C) groups is 1. The lowest BCUT2D eigenvalue weighted by molar-refractivity contribution is -0.385. The van der Waals surface area contributed by atoms with Crippen molar-refractivity contribution in [2.45, 2.75) is 44.7 Å². The molecule has 0 aromatic carbocycles. The molecule has 3 rings (SSSR count). The van der Waals surface area contributed by atoms with Crippen molar-refractivity contribution in [2.24, 2.45) is 10.9 Å². The number of nitro groups is 1. The second kappa shape index (κ2) is 10.6. The fraction of sp³-hybridized carbons (Fsp3) is 0.706. The van der Waals surface area contributed by atoms with Crippen LogP contribution in [-0.2, 0) is 11.3 Å². The molecule has 2 heterocycles. The molecule has 10 nitrogen and oxygen atoms in total. The number of halogens is 1. The standard InChI is InChI=1S/C17H27N7O3.HI/c1-18-17(19-7-9-23-12-15(10-20-23)24(26)27)21-14-6-8-22(11-14)16(25)13-4-2-3-5-13;/h10,12-14H,2-9,11H2,1H3,(H2,18,19,21);1H. The number of hydrogen-bond acceptors (Lipinski definition) is 5. The summed E-state index contributed by atoms with van der Waals surface area (Å²) in [5, 5.41) is 21.2. The van der Waals surface area contributed by atoms with Crippen molar-refractivity contribution in [3.8, 4) is 0 Å². The Hall–Kier alpha value is -1.92. The zero-order chi connectivity index (χ0) is 19.2. The first-order chi connectivity index (χ1) is 13.1. The van der Waals surface area contributed by atoms with Gasteiger partial charge in [0, 0.05) is 38.6 Å². The Balaban J connectivity index is 0.00000280. The van der Waals surface area contributed by atoms with Crippen LogP contribution in [0, 0.1) is 16.0 Å². The van der Waals surface area contributed by atoms with E-state index in [1.165, 1.54) is 29.9 Å². The average molecular weight is 505 g/mol. The smallest absolute Gasteiger partial charge is 0.306 e. The van der Waals surface area contributed by atoms with Crippen molar-refractivity contribution in [1.82, 2.24) is 25.3 Å². The number of guanidine groups is 1. The molecule has 1 amide bonds. The molecule has 0 bridgehead atoms. The monoisotopic (exact) mass is 505 g/mol. The first-order valence-corrected chi connectivity index (χ1v) is 9.49. The van der Waals surface area contributed by atoms with E-state index in [0.29, 0.717) is 31.5 Å². The molecule has 1 atom stereocenters. The summed E-state index contributed by atoms with van der Waals surface area (Å²) in [5.74, 6) is 1.19. The Morgan fingerprint density at radius 1 is 1.39 bits per heavy atom. The van der Waals surface area contributed by atoms with Gasteiger partial charge in [0.1, 0.15) is 12.4 Å². The molecular weight excluding hydrogens is 477 g/mol. The highest BCUT2D eigenvalue weighted by molar-refractivity contribution is 14.0. The molecule has 28 heavy (non-hydrogen) atoms. The summed E-state index contributed by atoms with van der Waals surface area (Å²) in [6.45, 7) is 2.53. The lowest BCUT2D eigenvalue weighted by atomic mass is 10.1. The third kappa shape index (κ3) is 5.79. The van der Waals surface area contributed by atoms with E-state index in [4.69, 9.17) is 0 Å². The highest BCUT2D eigenvalue weighted by Crippen LogP contribution is 2.27. The van der Waals surface area contributed by atoms with E-state index in [1.54, 1.807) is 7.05 Å². The summed E-state index contributed by atoms with van der Waals surface area (Å²) >= 11 is 0. The van der Waals surface area contributed by atoms with Crippen molar-refractivity contribution in [3.05, 3.63) is 22.5 Å². The van der Waals surface area contributed by atoms with Crippen LogP contribution >= 0.6 is 24.0 Å². The van der Waals surface area contributed by atoms with Gasteiger partial charge in [0.05, 0.1) is 11.5 Å². The second-order valence-electron chi connectivity index (χ2n) is 7.11. The van der Waals surface area contributed by atoms with Crippen LogP contribution in [0.1, 0.15) is 32.1 Å². The van der Waals surface area contributed by atoms with Crippen molar-refractivity contribution < 1.29 is 9.72 Å². The highest BCUT2D eigenvalue weighted by Gasteiger charge is 2.32. The summed E-state index contributed by atoms with van der Waals surface area (Å²) in [6.07, 6.45) is 7.95. The van der Waals surface area contributed by atoms with E-state index in [9.17, 15) is 14.9 Å². The Kier molecular flexibility index (Phi) is 8.45. The van der Waals surface area contributed by atoms with Gasteiger partial charge >= 0.3 is 5.69 Å². The summed E-state index contributed by atoms with van der Waals surface area (Å²) in [6, 6.07) is 0.187. The molecule has 2 aliphatic rings. The predicted molar refractivity (Wildman–Crippen MR) is 116 cm³/mol. The van der Waals surface area contributed by atoms with Gasteiger partial charge in [-0.3, -0.25) is 24.6 Å². The van der Waals surface area contributed by atoms with Crippen LogP contribution in [0.25, 0.3) is 0 Å². The number of hydrogen-bond donors (Lipinski definition) is 2. The molecule has 11 heteroatoms.